The number of rotatable bonds is 6. The summed E-state index contributed by atoms with van der Waals surface area (Å²) in [6.07, 6.45) is 2.31. The van der Waals surface area contributed by atoms with Crippen molar-refractivity contribution >= 4 is 64.9 Å². The first-order chi connectivity index (χ1) is 12.0. The molecule has 0 unspecified atom stereocenters. The van der Waals surface area contributed by atoms with E-state index >= 15 is 0 Å². The summed E-state index contributed by atoms with van der Waals surface area (Å²) in [6.45, 7) is 13.2. The number of piperazine rings is 1. The standard InChI is InChI=1S/C19H29ClN4S.2ClH/c1-5-14(6-2)25-19-21-16-11-15(20)18(12-17(16)22-19)24-9-7-23(8-10-24)13(3)4;;/h11-14H,5-10H2,1-4H3,(H,21,22);2*1H. The average molecular weight is 454 g/mol. The number of benzene rings is 1. The molecule has 27 heavy (non-hydrogen) atoms. The van der Waals surface area contributed by atoms with Gasteiger partial charge in [-0.3, -0.25) is 4.90 Å². The van der Waals surface area contributed by atoms with Crippen molar-refractivity contribution < 1.29 is 0 Å². The molecule has 154 valence electrons. The Balaban J connectivity index is 0.00000182. The Hall–Kier alpha value is -0.330. The molecule has 0 bridgehead atoms. The van der Waals surface area contributed by atoms with Gasteiger partial charge in [-0.15, -0.1) is 24.8 Å². The van der Waals surface area contributed by atoms with Gasteiger partial charge in [0.05, 0.1) is 21.7 Å². The van der Waals surface area contributed by atoms with Crippen LogP contribution < -0.4 is 4.90 Å². The second kappa shape index (κ2) is 11.0. The van der Waals surface area contributed by atoms with Gasteiger partial charge in [0.15, 0.2) is 5.16 Å². The van der Waals surface area contributed by atoms with Crippen molar-refractivity contribution in [1.29, 1.82) is 0 Å². The Kier molecular flexibility index (Phi) is 10.1. The minimum Gasteiger partial charge on any atom is -0.368 e. The predicted octanol–water partition coefficient (Wildman–Crippen LogP) is 5.87. The molecule has 2 aromatic rings. The van der Waals surface area contributed by atoms with Gasteiger partial charge in [-0.05, 0) is 38.8 Å². The van der Waals surface area contributed by atoms with Gasteiger partial charge < -0.3 is 9.88 Å². The molecule has 4 nitrogen and oxygen atoms in total. The van der Waals surface area contributed by atoms with E-state index in [1.165, 1.54) is 0 Å². The monoisotopic (exact) mass is 452 g/mol. The van der Waals surface area contributed by atoms with E-state index in [1.807, 2.05) is 17.8 Å². The number of nitrogens with zero attached hydrogens (tertiary/aromatic N) is 3. The summed E-state index contributed by atoms with van der Waals surface area (Å²) in [6, 6.07) is 4.79. The molecule has 1 aromatic carbocycles. The summed E-state index contributed by atoms with van der Waals surface area (Å²) in [5, 5.41) is 2.43. The highest BCUT2D eigenvalue weighted by molar-refractivity contribution is 7.99. The normalized spacial score (nSPS) is 15.3. The van der Waals surface area contributed by atoms with Crippen molar-refractivity contribution in [3.05, 3.63) is 17.2 Å². The van der Waals surface area contributed by atoms with E-state index in [4.69, 9.17) is 16.6 Å². The van der Waals surface area contributed by atoms with Gasteiger partial charge in [0, 0.05) is 37.5 Å². The number of nitrogens with one attached hydrogen (secondary N) is 1. The van der Waals surface area contributed by atoms with Crippen LogP contribution >= 0.6 is 48.2 Å². The van der Waals surface area contributed by atoms with Crippen molar-refractivity contribution in [2.24, 2.45) is 0 Å². The first-order valence-corrected chi connectivity index (χ1v) is 10.6. The van der Waals surface area contributed by atoms with Gasteiger partial charge in [-0.1, -0.05) is 37.2 Å². The number of hydrogen-bond donors (Lipinski definition) is 1. The molecule has 2 heterocycles. The Morgan fingerprint density at radius 2 is 1.74 bits per heavy atom. The third-order valence-electron chi connectivity index (χ3n) is 5.10. The van der Waals surface area contributed by atoms with Gasteiger partial charge in [0.1, 0.15) is 0 Å². The number of anilines is 1. The second-order valence-corrected chi connectivity index (χ2v) is 8.73. The highest BCUT2D eigenvalue weighted by Gasteiger charge is 2.21. The van der Waals surface area contributed by atoms with Gasteiger partial charge in [-0.25, -0.2) is 4.98 Å². The predicted molar refractivity (Wildman–Crippen MR) is 125 cm³/mol. The Morgan fingerprint density at radius 3 is 2.30 bits per heavy atom. The summed E-state index contributed by atoms with van der Waals surface area (Å²) >= 11 is 8.43. The lowest BCUT2D eigenvalue weighted by Crippen LogP contribution is -2.49. The van der Waals surface area contributed by atoms with Crippen molar-refractivity contribution in [3.63, 3.8) is 0 Å². The van der Waals surface area contributed by atoms with Crippen molar-refractivity contribution in [2.45, 2.75) is 57.0 Å². The van der Waals surface area contributed by atoms with Crippen LogP contribution in [0.1, 0.15) is 40.5 Å². The molecule has 3 rings (SSSR count). The molecule has 1 saturated heterocycles. The molecule has 8 heteroatoms. The summed E-state index contributed by atoms with van der Waals surface area (Å²) < 4.78 is 0. The average Bonchev–Trinajstić information content (AvgIpc) is 3.00. The third-order valence-corrected chi connectivity index (χ3v) is 6.82. The van der Waals surface area contributed by atoms with Crippen LogP contribution in [0.5, 0.6) is 0 Å². The van der Waals surface area contributed by atoms with Crippen LogP contribution in [0.3, 0.4) is 0 Å². The zero-order chi connectivity index (χ0) is 18.0. The van der Waals surface area contributed by atoms with E-state index in [9.17, 15) is 0 Å². The van der Waals surface area contributed by atoms with E-state index in [0.717, 1.165) is 65.9 Å². The molecule has 0 saturated carbocycles. The molecule has 1 fully saturated rings. The van der Waals surface area contributed by atoms with Crippen molar-refractivity contribution in [3.8, 4) is 0 Å². The number of aromatic nitrogens is 2. The lowest BCUT2D eigenvalue weighted by atomic mass is 10.2. The van der Waals surface area contributed by atoms with Gasteiger partial charge >= 0.3 is 0 Å². The zero-order valence-electron chi connectivity index (χ0n) is 16.5. The van der Waals surface area contributed by atoms with Crippen LogP contribution in [0, 0.1) is 0 Å². The van der Waals surface area contributed by atoms with Crippen LogP contribution in [0.4, 0.5) is 5.69 Å². The quantitative estimate of drug-likeness (QED) is 0.555. The topological polar surface area (TPSA) is 35.2 Å². The molecule has 1 aliphatic rings. The fourth-order valence-corrected chi connectivity index (χ4v) is 4.64. The maximum absolute atomic E-state index is 6.60. The smallest absolute Gasteiger partial charge is 0.166 e. The minimum absolute atomic E-state index is 0. The van der Waals surface area contributed by atoms with Gasteiger partial charge in [0.25, 0.3) is 0 Å². The molecule has 1 N–H and O–H groups in total. The molecule has 0 aliphatic carbocycles. The number of thioether (sulfide) groups is 1. The molecule has 0 spiro atoms. The maximum atomic E-state index is 6.60. The zero-order valence-corrected chi connectivity index (χ0v) is 19.7. The van der Waals surface area contributed by atoms with E-state index in [1.54, 1.807) is 0 Å². The molecular formula is C19H31Cl3N4S. The fourth-order valence-electron chi connectivity index (χ4n) is 3.39. The van der Waals surface area contributed by atoms with E-state index in [0.29, 0.717) is 11.3 Å². The molecule has 1 aliphatic heterocycles. The van der Waals surface area contributed by atoms with Crippen LogP contribution in [0.25, 0.3) is 11.0 Å². The van der Waals surface area contributed by atoms with Crippen LogP contribution in [0.2, 0.25) is 5.02 Å². The minimum atomic E-state index is 0. The lowest BCUT2D eigenvalue weighted by Gasteiger charge is -2.38. The molecule has 1 aromatic heterocycles. The Bertz CT molecular complexity index is 710. The van der Waals surface area contributed by atoms with Crippen LogP contribution in [-0.4, -0.2) is 52.3 Å². The number of hydrogen-bond acceptors (Lipinski definition) is 4. The second-order valence-electron chi connectivity index (χ2n) is 7.04. The molecule has 0 amide bonds. The number of halogens is 3. The summed E-state index contributed by atoms with van der Waals surface area (Å²) in [4.78, 5) is 13.1. The molecule has 0 radical (unpaired) electrons. The fraction of sp³-hybridized carbons (Fsp3) is 0.632. The number of fused-ring (bicyclic) bond motifs is 1. The maximum Gasteiger partial charge on any atom is 0.166 e. The van der Waals surface area contributed by atoms with Crippen LogP contribution in [0.15, 0.2) is 17.3 Å². The summed E-state index contributed by atoms with van der Waals surface area (Å²) in [5.41, 5.74) is 3.16. The highest BCUT2D eigenvalue weighted by Crippen LogP contribution is 2.33. The molecule has 0 atom stereocenters. The Labute approximate surface area is 184 Å². The van der Waals surface area contributed by atoms with E-state index < -0.39 is 0 Å². The lowest BCUT2D eigenvalue weighted by molar-refractivity contribution is 0.209. The Morgan fingerprint density at radius 1 is 1.11 bits per heavy atom. The first-order valence-electron chi connectivity index (χ1n) is 9.36. The van der Waals surface area contributed by atoms with Gasteiger partial charge in [-0.2, -0.15) is 0 Å². The highest BCUT2D eigenvalue weighted by atomic mass is 35.5. The third kappa shape index (κ3) is 5.83. The van der Waals surface area contributed by atoms with Crippen molar-refractivity contribution in [2.75, 3.05) is 31.1 Å². The van der Waals surface area contributed by atoms with E-state index in [2.05, 4.69) is 48.5 Å². The number of H-pyrrole nitrogens is 1. The SMILES string of the molecule is CCC(CC)Sc1nc2cc(N3CCN(C(C)C)CC3)c(Cl)cc2[nH]1.Cl.Cl. The van der Waals surface area contributed by atoms with E-state index in [-0.39, 0.29) is 24.8 Å². The van der Waals surface area contributed by atoms with Crippen LogP contribution in [-0.2, 0) is 0 Å². The van der Waals surface area contributed by atoms with Gasteiger partial charge in [0.2, 0.25) is 0 Å². The summed E-state index contributed by atoms with van der Waals surface area (Å²) in [5.74, 6) is 0. The first kappa shape index (κ1) is 24.7. The van der Waals surface area contributed by atoms with Crippen molar-refractivity contribution in [1.82, 2.24) is 14.9 Å². The largest absolute Gasteiger partial charge is 0.368 e. The number of aromatic amines is 1. The summed E-state index contributed by atoms with van der Waals surface area (Å²) in [7, 11) is 0. The number of imidazole rings is 1. The molecular weight excluding hydrogens is 423 g/mol.